The summed E-state index contributed by atoms with van der Waals surface area (Å²) in [5.74, 6) is 0. The summed E-state index contributed by atoms with van der Waals surface area (Å²) >= 11 is 0. The normalized spacial score (nSPS) is 10.8. The minimum atomic E-state index is 0.0333. The Morgan fingerprint density at radius 1 is 0.808 bits per heavy atom. The molecule has 0 amide bonds. The summed E-state index contributed by atoms with van der Waals surface area (Å²) in [6.07, 6.45) is 0.591. The van der Waals surface area contributed by atoms with Crippen molar-refractivity contribution in [3.8, 4) is 0 Å². The van der Waals surface area contributed by atoms with Crippen LogP contribution >= 0.6 is 0 Å². The van der Waals surface area contributed by atoms with Crippen LogP contribution in [0.5, 0.6) is 0 Å². The molecule has 1 N–H and O–H groups in total. The largest absolute Gasteiger partial charge is 0.355 e. The van der Waals surface area contributed by atoms with Crippen LogP contribution in [0.2, 0.25) is 0 Å². The smallest absolute Gasteiger partial charge is 0.256 e. The van der Waals surface area contributed by atoms with E-state index in [9.17, 15) is 4.79 Å². The van der Waals surface area contributed by atoms with Crippen LogP contribution in [0.3, 0.4) is 0 Å². The zero-order chi connectivity index (χ0) is 17.9. The number of hydrogen-bond acceptors (Lipinski definition) is 2. The Kier molecular flexibility index (Phi) is 4.28. The Bertz CT molecular complexity index is 1100. The van der Waals surface area contributed by atoms with E-state index in [1.807, 2.05) is 73.8 Å². The van der Waals surface area contributed by atoms with E-state index >= 15 is 0 Å². The third-order valence-electron chi connectivity index (χ3n) is 4.67. The fourth-order valence-corrected chi connectivity index (χ4v) is 3.33. The molecule has 1 aromatic heterocycles. The van der Waals surface area contributed by atoms with E-state index in [0.717, 1.165) is 33.4 Å². The lowest BCUT2D eigenvalue weighted by Gasteiger charge is -2.17. The molecule has 3 aromatic carbocycles. The van der Waals surface area contributed by atoms with Gasteiger partial charge in [0.05, 0.1) is 11.2 Å². The summed E-state index contributed by atoms with van der Waals surface area (Å²) in [6, 6.07) is 28.1. The highest BCUT2D eigenvalue weighted by Crippen LogP contribution is 2.29. The molecule has 0 saturated carbocycles. The molecule has 0 radical (unpaired) electrons. The highest BCUT2D eigenvalue weighted by molar-refractivity contribution is 5.95. The second-order valence-corrected chi connectivity index (χ2v) is 6.39. The maximum atomic E-state index is 13.1. The predicted octanol–water partition coefficient (Wildman–Crippen LogP) is 4.87. The Morgan fingerprint density at radius 3 is 2.15 bits per heavy atom. The lowest BCUT2D eigenvalue weighted by Crippen LogP contribution is -2.23. The van der Waals surface area contributed by atoms with E-state index < -0.39 is 0 Å². The fraction of sp³-hybridized carbons (Fsp3) is 0.0870. The van der Waals surface area contributed by atoms with Crippen molar-refractivity contribution >= 4 is 22.3 Å². The van der Waals surface area contributed by atoms with Crippen molar-refractivity contribution in [2.75, 3.05) is 5.32 Å². The summed E-state index contributed by atoms with van der Waals surface area (Å²) in [6.45, 7) is 0. The van der Waals surface area contributed by atoms with E-state index in [-0.39, 0.29) is 5.56 Å². The molecule has 4 rings (SSSR count). The molecule has 128 valence electrons. The molecule has 26 heavy (non-hydrogen) atoms. The molecular formula is C23H20N2O. The minimum Gasteiger partial charge on any atom is -0.355 e. The van der Waals surface area contributed by atoms with Crippen molar-refractivity contribution in [2.24, 2.45) is 7.05 Å². The second-order valence-electron chi connectivity index (χ2n) is 6.39. The number of aromatic nitrogens is 1. The van der Waals surface area contributed by atoms with E-state index in [0.29, 0.717) is 6.42 Å². The molecule has 0 unspecified atom stereocenters. The number of aryl methyl sites for hydroxylation is 1. The van der Waals surface area contributed by atoms with Gasteiger partial charge in [-0.05, 0) is 23.8 Å². The Morgan fingerprint density at radius 2 is 1.42 bits per heavy atom. The van der Waals surface area contributed by atoms with Gasteiger partial charge < -0.3 is 9.88 Å². The van der Waals surface area contributed by atoms with Gasteiger partial charge in [0.1, 0.15) is 0 Å². The van der Waals surface area contributed by atoms with Crippen LogP contribution in [0, 0.1) is 0 Å². The van der Waals surface area contributed by atoms with Gasteiger partial charge in [0, 0.05) is 30.1 Å². The van der Waals surface area contributed by atoms with Gasteiger partial charge >= 0.3 is 0 Å². The minimum absolute atomic E-state index is 0.0333. The monoisotopic (exact) mass is 340 g/mol. The van der Waals surface area contributed by atoms with Gasteiger partial charge in [-0.1, -0.05) is 66.7 Å². The van der Waals surface area contributed by atoms with Gasteiger partial charge in [-0.15, -0.1) is 0 Å². The van der Waals surface area contributed by atoms with Gasteiger partial charge in [0.2, 0.25) is 0 Å². The van der Waals surface area contributed by atoms with Crippen molar-refractivity contribution < 1.29 is 0 Å². The number of nitrogens with zero attached hydrogens (tertiary/aromatic N) is 1. The van der Waals surface area contributed by atoms with Gasteiger partial charge in [-0.3, -0.25) is 4.79 Å². The first-order chi connectivity index (χ1) is 12.7. The molecule has 0 saturated heterocycles. The van der Waals surface area contributed by atoms with Crippen LogP contribution in [0.25, 0.3) is 10.9 Å². The summed E-state index contributed by atoms with van der Waals surface area (Å²) in [4.78, 5) is 13.1. The Balaban J connectivity index is 1.94. The first-order valence-corrected chi connectivity index (χ1v) is 8.70. The van der Waals surface area contributed by atoms with Crippen LogP contribution in [-0.2, 0) is 13.5 Å². The molecule has 0 aliphatic rings. The number of nitrogens with one attached hydrogen (secondary N) is 1. The molecule has 3 heteroatoms. The third kappa shape index (κ3) is 3.00. The summed E-state index contributed by atoms with van der Waals surface area (Å²) in [5, 5.41) is 4.54. The van der Waals surface area contributed by atoms with E-state index in [1.54, 1.807) is 4.57 Å². The predicted molar refractivity (Wildman–Crippen MR) is 108 cm³/mol. The van der Waals surface area contributed by atoms with Crippen LogP contribution in [0.15, 0.2) is 89.7 Å². The summed E-state index contributed by atoms with van der Waals surface area (Å²) < 4.78 is 1.74. The molecule has 3 nitrogen and oxygen atoms in total. The average Bonchev–Trinajstić information content (AvgIpc) is 2.70. The molecule has 0 atom stereocenters. The molecule has 0 aliphatic carbocycles. The van der Waals surface area contributed by atoms with E-state index in [2.05, 4.69) is 23.5 Å². The maximum absolute atomic E-state index is 13.1. The fourth-order valence-electron chi connectivity index (χ4n) is 3.33. The molecule has 0 aliphatic heterocycles. The number of rotatable bonds is 4. The first kappa shape index (κ1) is 16.2. The van der Waals surface area contributed by atoms with Crippen molar-refractivity contribution in [3.05, 3.63) is 106 Å². The molecule has 0 fully saturated rings. The quantitative estimate of drug-likeness (QED) is 0.575. The number of anilines is 2. The van der Waals surface area contributed by atoms with Gasteiger partial charge in [-0.2, -0.15) is 0 Å². The third-order valence-corrected chi connectivity index (χ3v) is 4.67. The van der Waals surface area contributed by atoms with Gasteiger partial charge in [0.25, 0.3) is 5.56 Å². The first-order valence-electron chi connectivity index (χ1n) is 8.70. The van der Waals surface area contributed by atoms with Crippen LogP contribution in [0.1, 0.15) is 11.1 Å². The molecule has 0 spiro atoms. The molecule has 1 heterocycles. The maximum Gasteiger partial charge on any atom is 0.256 e. The highest BCUT2D eigenvalue weighted by Gasteiger charge is 2.15. The number of fused-ring (bicyclic) bond motifs is 1. The van der Waals surface area contributed by atoms with E-state index in [1.165, 1.54) is 0 Å². The van der Waals surface area contributed by atoms with Crippen molar-refractivity contribution in [3.63, 3.8) is 0 Å². The number of benzene rings is 3. The van der Waals surface area contributed by atoms with Crippen molar-refractivity contribution in [1.29, 1.82) is 0 Å². The van der Waals surface area contributed by atoms with Crippen molar-refractivity contribution in [2.45, 2.75) is 6.42 Å². The average molecular weight is 340 g/mol. The zero-order valence-corrected chi connectivity index (χ0v) is 14.6. The van der Waals surface area contributed by atoms with Gasteiger partial charge in [-0.25, -0.2) is 0 Å². The van der Waals surface area contributed by atoms with Crippen molar-refractivity contribution in [1.82, 2.24) is 4.57 Å². The molecule has 4 aromatic rings. The molecular weight excluding hydrogens is 320 g/mol. The lowest BCUT2D eigenvalue weighted by molar-refractivity contribution is 0.883. The Hall–Kier alpha value is -3.33. The van der Waals surface area contributed by atoms with Crippen LogP contribution in [-0.4, -0.2) is 4.57 Å². The highest BCUT2D eigenvalue weighted by atomic mass is 16.1. The number of para-hydroxylation sites is 2. The van der Waals surface area contributed by atoms with Crippen LogP contribution in [0.4, 0.5) is 11.4 Å². The standard InChI is InChI=1S/C23H20N2O/c1-25-21-15-9-8-14-19(21)22(24-18-12-6-3-7-13-18)20(23(25)26)16-17-10-4-2-5-11-17/h2-15,24H,16H2,1H3. The topological polar surface area (TPSA) is 34.0 Å². The Labute approximate surface area is 152 Å². The van der Waals surface area contributed by atoms with Crippen LogP contribution < -0.4 is 10.9 Å². The number of pyridine rings is 1. The van der Waals surface area contributed by atoms with E-state index in [4.69, 9.17) is 0 Å². The SMILES string of the molecule is Cn1c(=O)c(Cc2ccccc2)c(Nc2ccccc2)c2ccccc21. The second kappa shape index (κ2) is 6.89. The lowest BCUT2D eigenvalue weighted by atomic mass is 10.0. The summed E-state index contributed by atoms with van der Waals surface area (Å²) in [5.41, 5.74) is 4.72. The zero-order valence-electron chi connectivity index (χ0n) is 14.6. The summed E-state index contributed by atoms with van der Waals surface area (Å²) in [7, 11) is 1.84. The number of hydrogen-bond donors (Lipinski definition) is 1. The molecule has 0 bridgehead atoms. The van der Waals surface area contributed by atoms with Gasteiger partial charge in [0.15, 0.2) is 0 Å².